The third kappa shape index (κ3) is 5.43. The first-order chi connectivity index (χ1) is 15.8. The first-order valence-electron chi connectivity index (χ1n) is 11.4. The lowest BCUT2D eigenvalue weighted by Crippen LogP contribution is -2.50. The van der Waals surface area contributed by atoms with Gasteiger partial charge in [-0.2, -0.15) is 4.31 Å². The number of sulfonamides is 1. The van der Waals surface area contributed by atoms with E-state index in [1.54, 1.807) is 4.31 Å². The Labute approximate surface area is 196 Å². The molecule has 174 valence electrons. The van der Waals surface area contributed by atoms with Gasteiger partial charge in [-0.05, 0) is 44.0 Å². The minimum Gasteiger partial charge on any atom is -0.318 e. The highest BCUT2D eigenvalue weighted by molar-refractivity contribution is 7.89. The summed E-state index contributed by atoms with van der Waals surface area (Å²) in [4.78, 5) is 15.1. The Morgan fingerprint density at radius 3 is 2.12 bits per heavy atom. The van der Waals surface area contributed by atoms with Crippen LogP contribution in [0.2, 0.25) is 0 Å². The van der Waals surface area contributed by atoms with Gasteiger partial charge < -0.3 is 4.57 Å². The number of carbonyl (C=O) groups excluding carboxylic acids is 1. The van der Waals surface area contributed by atoms with Crippen LogP contribution >= 0.6 is 0 Å². The molecular weight excluding hydrogens is 434 g/mol. The molecule has 0 atom stereocenters. The zero-order valence-electron chi connectivity index (χ0n) is 19.3. The number of aryl methyl sites for hydroxylation is 2. The maximum atomic E-state index is 13.1. The van der Waals surface area contributed by atoms with E-state index in [1.165, 1.54) is 0 Å². The molecule has 0 radical (unpaired) electrons. The van der Waals surface area contributed by atoms with Crippen molar-refractivity contribution in [3.63, 3.8) is 0 Å². The van der Waals surface area contributed by atoms with Crippen LogP contribution in [0.4, 0.5) is 0 Å². The second kappa shape index (κ2) is 10.0. The van der Waals surface area contributed by atoms with Gasteiger partial charge in [0.2, 0.25) is 10.0 Å². The van der Waals surface area contributed by atoms with E-state index < -0.39 is 10.0 Å². The van der Waals surface area contributed by atoms with Crippen LogP contribution in [0.1, 0.15) is 27.3 Å². The highest BCUT2D eigenvalue weighted by atomic mass is 32.2. The third-order valence-corrected chi connectivity index (χ3v) is 8.20. The number of ketones is 1. The van der Waals surface area contributed by atoms with Crippen LogP contribution in [0.15, 0.2) is 66.7 Å². The van der Waals surface area contributed by atoms with Gasteiger partial charge in [0.05, 0.1) is 12.3 Å². The molecule has 1 saturated heterocycles. The predicted molar refractivity (Wildman–Crippen MR) is 132 cm³/mol. The van der Waals surface area contributed by atoms with Crippen LogP contribution in [0.3, 0.4) is 0 Å². The molecule has 0 aliphatic carbocycles. The fourth-order valence-electron chi connectivity index (χ4n) is 4.49. The standard InChI is InChI=1S/C26H31N3O3S/c1-21-19-25(22(2)29(21)24-11-7-4-8-12-24)26(30)20-27-14-16-28(17-15-27)33(31,32)18-13-23-9-5-3-6-10-23/h3-12,19H,13-18,20H2,1-2H3. The number of hydrogen-bond acceptors (Lipinski definition) is 4. The second-order valence-corrected chi connectivity index (χ2v) is 10.7. The minimum absolute atomic E-state index is 0.0747. The number of nitrogens with zero attached hydrogens (tertiary/aromatic N) is 3. The number of Topliss-reactive ketones (excluding diaryl/α,β-unsaturated/α-hetero) is 1. The summed E-state index contributed by atoms with van der Waals surface area (Å²) in [6.07, 6.45) is 0.513. The van der Waals surface area contributed by atoms with Gasteiger partial charge in [-0.1, -0.05) is 48.5 Å². The van der Waals surface area contributed by atoms with E-state index in [0.29, 0.717) is 39.1 Å². The Kier molecular flexibility index (Phi) is 7.12. The van der Waals surface area contributed by atoms with E-state index in [-0.39, 0.29) is 11.5 Å². The maximum Gasteiger partial charge on any atom is 0.214 e. The Morgan fingerprint density at radius 1 is 0.879 bits per heavy atom. The highest BCUT2D eigenvalue weighted by Gasteiger charge is 2.28. The quantitative estimate of drug-likeness (QED) is 0.478. The molecule has 6 nitrogen and oxygen atoms in total. The molecule has 7 heteroatoms. The van der Waals surface area contributed by atoms with Crippen molar-refractivity contribution in [3.05, 3.63) is 89.2 Å². The zero-order valence-corrected chi connectivity index (χ0v) is 20.1. The van der Waals surface area contributed by atoms with Gasteiger partial charge in [0.1, 0.15) is 0 Å². The van der Waals surface area contributed by atoms with Crippen molar-refractivity contribution in [2.24, 2.45) is 0 Å². The smallest absolute Gasteiger partial charge is 0.214 e. The Bertz CT molecular complexity index is 1200. The van der Waals surface area contributed by atoms with Gasteiger partial charge >= 0.3 is 0 Å². The SMILES string of the molecule is Cc1cc(C(=O)CN2CCN(S(=O)(=O)CCc3ccccc3)CC2)c(C)n1-c1ccccc1. The number of para-hydroxylation sites is 1. The van der Waals surface area contributed by atoms with Crippen LogP contribution in [0.5, 0.6) is 0 Å². The second-order valence-electron chi connectivity index (χ2n) is 8.61. The summed E-state index contributed by atoms with van der Waals surface area (Å²) in [6.45, 7) is 6.26. The van der Waals surface area contributed by atoms with E-state index in [2.05, 4.69) is 9.47 Å². The summed E-state index contributed by atoms with van der Waals surface area (Å²) < 4.78 is 29.2. The summed E-state index contributed by atoms with van der Waals surface area (Å²) in [5, 5.41) is 0. The van der Waals surface area contributed by atoms with Gasteiger partial charge in [0, 0.05) is 48.8 Å². The molecule has 33 heavy (non-hydrogen) atoms. The fourth-order valence-corrected chi connectivity index (χ4v) is 5.97. The highest BCUT2D eigenvalue weighted by Crippen LogP contribution is 2.21. The number of hydrogen-bond donors (Lipinski definition) is 0. The number of carbonyl (C=O) groups is 1. The number of rotatable bonds is 8. The van der Waals surface area contributed by atoms with Crippen molar-refractivity contribution in [2.75, 3.05) is 38.5 Å². The lowest BCUT2D eigenvalue weighted by molar-refractivity contribution is 0.0901. The Morgan fingerprint density at radius 2 is 1.48 bits per heavy atom. The van der Waals surface area contributed by atoms with Gasteiger partial charge in [0.15, 0.2) is 5.78 Å². The van der Waals surface area contributed by atoms with Gasteiger partial charge in [-0.25, -0.2) is 8.42 Å². The molecule has 2 heterocycles. The van der Waals surface area contributed by atoms with Crippen molar-refractivity contribution in [2.45, 2.75) is 20.3 Å². The number of piperazine rings is 1. The van der Waals surface area contributed by atoms with Crippen molar-refractivity contribution in [1.29, 1.82) is 0 Å². The minimum atomic E-state index is -3.31. The predicted octanol–water partition coefficient (Wildman–Crippen LogP) is 3.47. The molecule has 3 aromatic rings. The van der Waals surface area contributed by atoms with Crippen LogP contribution < -0.4 is 0 Å². The zero-order chi connectivity index (χ0) is 23.4. The van der Waals surface area contributed by atoms with Crippen molar-refractivity contribution in [1.82, 2.24) is 13.8 Å². The average molecular weight is 466 g/mol. The van der Waals surface area contributed by atoms with Gasteiger partial charge in [0.25, 0.3) is 0 Å². The van der Waals surface area contributed by atoms with E-state index in [9.17, 15) is 13.2 Å². The van der Waals surface area contributed by atoms with Crippen LogP contribution in [0.25, 0.3) is 5.69 Å². The molecule has 0 N–H and O–H groups in total. The molecule has 1 aliphatic heterocycles. The molecule has 1 aromatic heterocycles. The Hall–Kier alpha value is -2.74. The number of aromatic nitrogens is 1. The average Bonchev–Trinajstić information content (AvgIpc) is 3.13. The van der Waals surface area contributed by atoms with Crippen molar-refractivity contribution in [3.8, 4) is 5.69 Å². The van der Waals surface area contributed by atoms with Crippen LogP contribution in [-0.4, -0.2) is 66.4 Å². The molecule has 1 fully saturated rings. The molecule has 2 aromatic carbocycles. The summed E-state index contributed by atoms with van der Waals surface area (Å²) >= 11 is 0. The van der Waals surface area contributed by atoms with Crippen molar-refractivity contribution < 1.29 is 13.2 Å². The van der Waals surface area contributed by atoms with Crippen LogP contribution in [0, 0.1) is 13.8 Å². The summed E-state index contributed by atoms with van der Waals surface area (Å²) in [6, 6.07) is 21.7. The summed E-state index contributed by atoms with van der Waals surface area (Å²) in [5.74, 6) is 0.187. The molecule has 1 aliphatic rings. The molecule has 0 amide bonds. The van der Waals surface area contributed by atoms with E-state index in [0.717, 1.165) is 28.2 Å². The summed E-state index contributed by atoms with van der Waals surface area (Å²) in [7, 11) is -3.31. The van der Waals surface area contributed by atoms with Crippen molar-refractivity contribution >= 4 is 15.8 Å². The molecule has 0 bridgehead atoms. The molecule has 4 rings (SSSR count). The monoisotopic (exact) mass is 465 g/mol. The largest absolute Gasteiger partial charge is 0.318 e. The van der Waals surface area contributed by atoms with Gasteiger partial charge in [-0.3, -0.25) is 9.69 Å². The lowest BCUT2D eigenvalue weighted by Gasteiger charge is -2.33. The molecule has 0 spiro atoms. The Balaban J connectivity index is 1.34. The fraction of sp³-hybridized carbons (Fsp3) is 0.346. The molecule has 0 unspecified atom stereocenters. The number of benzene rings is 2. The van der Waals surface area contributed by atoms with Crippen LogP contribution in [-0.2, 0) is 16.4 Å². The van der Waals surface area contributed by atoms with Gasteiger partial charge in [-0.15, -0.1) is 0 Å². The normalized spacial score (nSPS) is 15.6. The van der Waals surface area contributed by atoms with E-state index in [4.69, 9.17) is 0 Å². The lowest BCUT2D eigenvalue weighted by atomic mass is 10.1. The summed E-state index contributed by atoms with van der Waals surface area (Å²) in [5.41, 5.74) is 4.76. The third-order valence-electron chi connectivity index (χ3n) is 6.33. The topological polar surface area (TPSA) is 62.6 Å². The van der Waals surface area contributed by atoms with E-state index >= 15 is 0 Å². The van der Waals surface area contributed by atoms with E-state index in [1.807, 2.05) is 80.6 Å². The molecular formula is C26H31N3O3S. The first-order valence-corrected chi connectivity index (χ1v) is 13.0. The molecule has 0 saturated carbocycles. The first kappa shape index (κ1) is 23.4. The maximum absolute atomic E-state index is 13.1.